The number of hydrogen-bond donors (Lipinski definition) is 1. The summed E-state index contributed by atoms with van der Waals surface area (Å²) in [7, 11) is -5.64. The van der Waals surface area contributed by atoms with Crippen LogP contribution < -0.4 is 0 Å². The predicted molar refractivity (Wildman–Crippen MR) is 55.4 cm³/mol. The summed E-state index contributed by atoms with van der Waals surface area (Å²) in [6, 6.07) is 0. The minimum atomic E-state index is -5.64. The van der Waals surface area contributed by atoms with Gasteiger partial charge in [0, 0.05) is 18.2 Å². The molecule has 2 atom stereocenters. The third-order valence-electron chi connectivity index (χ3n) is 3.18. The molecule has 2 aliphatic rings. The lowest BCUT2D eigenvalue weighted by Crippen LogP contribution is -2.36. The van der Waals surface area contributed by atoms with Crippen LogP contribution in [-0.2, 0) is 14.3 Å². The minimum absolute atomic E-state index is 0.0725. The third-order valence-corrected chi connectivity index (χ3v) is 4.23. The van der Waals surface area contributed by atoms with Gasteiger partial charge >= 0.3 is 21.7 Å². The molecule has 1 spiro atoms. The van der Waals surface area contributed by atoms with Gasteiger partial charge in [0.25, 0.3) is 0 Å². The Morgan fingerprint density at radius 3 is 2.63 bits per heavy atom. The van der Waals surface area contributed by atoms with Gasteiger partial charge in [0.05, 0.1) is 6.10 Å². The van der Waals surface area contributed by atoms with Crippen LogP contribution in [0.3, 0.4) is 0 Å². The second-order valence-corrected chi connectivity index (χ2v) is 6.11. The number of halogens is 3. The van der Waals surface area contributed by atoms with E-state index in [1.807, 2.05) is 0 Å². The maximum absolute atomic E-state index is 12.2. The van der Waals surface area contributed by atoms with Crippen molar-refractivity contribution in [3.8, 4) is 0 Å². The standard InChI is InChI=1S/C9H10F3NO5S/c10-9(11,12)19(16,17)18-6-4-8(6)2-1-3-13(5-8)7(14)15/h1,3,6H,2,4-5H2,(H,14,15). The molecule has 1 aliphatic heterocycles. The summed E-state index contributed by atoms with van der Waals surface area (Å²) in [5.74, 6) is 0. The van der Waals surface area contributed by atoms with Crippen LogP contribution in [0.2, 0.25) is 0 Å². The van der Waals surface area contributed by atoms with Crippen LogP contribution in [0.5, 0.6) is 0 Å². The number of rotatable bonds is 2. The van der Waals surface area contributed by atoms with Gasteiger partial charge in [-0.2, -0.15) is 21.6 Å². The Balaban J connectivity index is 2.06. The molecule has 1 aliphatic carbocycles. The van der Waals surface area contributed by atoms with Gasteiger partial charge in [0.1, 0.15) is 0 Å². The van der Waals surface area contributed by atoms with E-state index in [2.05, 4.69) is 4.18 Å². The molecule has 0 bridgehead atoms. The van der Waals surface area contributed by atoms with Gasteiger partial charge in [0.2, 0.25) is 0 Å². The first kappa shape index (κ1) is 14.1. The average molecular weight is 301 g/mol. The van der Waals surface area contributed by atoms with Crippen LogP contribution in [-0.4, -0.2) is 42.7 Å². The minimum Gasteiger partial charge on any atom is -0.465 e. The zero-order valence-electron chi connectivity index (χ0n) is 9.42. The molecule has 0 aromatic rings. The summed E-state index contributed by atoms with van der Waals surface area (Å²) in [5, 5.41) is 8.78. The van der Waals surface area contributed by atoms with Gasteiger partial charge in [-0.05, 0) is 12.8 Å². The molecule has 10 heteroatoms. The van der Waals surface area contributed by atoms with Gasteiger partial charge in [-0.3, -0.25) is 9.08 Å². The fraction of sp³-hybridized carbons (Fsp3) is 0.667. The molecule has 1 amide bonds. The number of hydrogen-bond acceptors (Lipinski definition) is 4. The van der Waals surface area contributed by atoms with Crippen molar-refractivity contribution in [1.82, 2.24) is 4.90 Å². The number of nitrogens with zero attached hydrogens (tertiary/aromatic N) is 1. The topological polar surface area (TPSA) is 83.9 Å². The molecule has 0 radical (unpaired) electrons. The molecule has 0 saturated heterocycles. The van der Waals surface area contributed by atoms with Crippen molar-refractivity contribution < 1.29 is 35.7 Å². The van der Waals surface area contributed by atoms with E-state index in [4.69, 9.17) is 5.11 Å². The molecule has 1 heterocycles. The van der Waals surface area contributed by atoms with E-state index in [1.165, 1.54) is 12.3 Å². The Bertz CT molecular complexity index is 528. The van der Waals surface area contributed by atoms with Crippen molar-refractivity contribution in [2.24, 2.45) is 5.41 Å². The zero-order valence-corrected chi connectivity index (χ0v) is 10.2. The van der Waals surface area contributed by atoms with Crippen molar-refractivity contribution in [3.05, 3.63) is 12.3 Å². The van der Waals surface area contributed by atoms with Crippen LogP contribution in [0.4, 0.5) is 18.0 Å². The highest BCUT2D eigenvalue weighted by Gasteiger charge is 2.61. The fourth-order valence-electron chi connectivity index (χ4n) is 2.04. The highest BCUT2D eigenvalue weighted by atomic mass is 32.2. The Kier molecular flexibility index (Phi) is 3.05. The predicted octanol–water partition coefficient (Wildman–Crippen LogP) is 1.51. The Morgan fingerprint density at radius 1 is 1.47 bits per heavy atom. The Morgan fingerprint density at radius 2 is 2.11 bits per heavy atom. The second-order valence-electron chi connectivity index (χ2n) is 4.55. The zero-order chi connectivity index (χ0) is 14.5. The van der Waals surface area contributed by atoms with Crippen LogP contribution in [0, 0.1) is 5.41 Å². The summed E-state index contributed by atoms with van der Waals surface area (Å²) in [5.41, 5.74) is -6.33. The Hall–Kier alpha value is -1.29. The molecule has 19 heavy (non-hydrogen) atoms. The molecular formula is C9H10F3NO5S. The molecule has 1 saturated carbocycles. The van der Waals surface area contributed by atoms with Crippen LogP contribution in [0.15, 0.2) is 12.3 Å². The molecule has 108 valence electrons. The first-order chi connectivity index (χ1) is 8.57. The van der Waals surface area contributed by atoms with E-state index in [9.17, 15) is 26.4 Å². The normalized spacial score (nSPS) is 30.7. The lowest BCUT2D eigenvalue weighted by molar-refractivity contribution is -0.0557. The van der Waals surface area contributed by atoms with Crippen molar-refractivity contribution in [1.29, 1.82) is 0 Å². The maximum Gasteiger partial charge on any atom is 0.523 e. The second kappa shape index (κ2) is 4.10. The van der Waals surface area contributed by atoms with Crippen LogP contribution in [0.1, 0.15) is 12.8 Å². The summed E-state index contributed by atoms with van der Waals surface area (Å²) >= 11 is 0. The van der Waals surface area contributed by atoms with E-state index in [-0.39, 0.29) is 19.4 Å². The van der Waals surface area contributed by atoms with E-state index < -0.39 is 33.2 Å². The van der Waals surface area contributed by atoms with E-state index in [1.54, 1.807) is 0 Å². The van der Waals surface area contributed by atoms with E-state index in [0.717, 1.165) is 4.90 Å². The summed E-state index contributed by atoms with van der Waals surface area (Å²) < 4.78 is 62.3. The number of carboxylic acid groups (broad SMARTS) is 1. The summed E-state index contributed by atoms with van der Waals surface area (Å²) in [4.78, 5) is 11.7. The quantitative estimate of drug-likeness (QED) is 0.617. The van der Waals surface area contributed by atoms with Gasteiger partial charge < -0.3 is 5.11 Å². The third kappa shape index (κ3) is 2.54. The molecule has 6 nitrogen and oxygen atoms in total. The van der Waals surface area contributed by atoms with Crippen LogP contribution >= 0.6 is 0 Å². The number of amides is 1. The number of carbonyl (C=O) groups is 1. The van der Waals surface area contributed by atoms with Crippen molar-refractivity contribution in [3.63, 3.8) is 0 Å². The molecule has 0 aromatic carbocycles. The lowest BCUT2D eigenvalue weighted by Gasteiger charge is -2.26. The maximum atomic E-state index is 12.2. The first-order valence-corrected chi connectivity index (χ1v) is 6.64. The fourth-order valence-corrected chi connectivity index (χ4v) is 2.72. The SMILES string of the molecule is O=C(O)N1C=CCC2(CC2OS(=O)(=O)C(F)(F)F)C1. The number of allylic oxidation sites excluding steroid dienone is 1. The largest absolute Gasteiger partial charge is 0.523 e. The van der Waals surface area contributed by atoms with Crippen molar-refractivity contribution in [2.75, 3.05) is 6.54 Å². The smallest absolute Gasteiger partial charge is 0.465 e. The molecule has 2 unspecified atom stereocenters. The highest BCUT2D eigenvalue weighted by Crippen LogP contribution is 2.54. The van der Waals surface area contributed by atoms with Gasteiger partial charge in [-0.15, -0.1) is 0 Å². The molecule has 1 N–H and O–H groups in total. The van der Waals surface area contributed by atoms with E-state index in [0.29, 0.717) is 0 Å². The van der Waals surface area contributed by atoms with Crippen molar-refractivity contribution >= 4 is 16.2 Å². The highest BCUT2D eigenvalue weighted by molar-refractivity contribution is 7.87. The van der Waals surface area contributed by atoms with Gasteiger partial charge in [0.15, 0.2) is 0 Å². The van der Waals surface area contributed by atoms with Crippen LogP contribution in [0.25, 0.3) is 0 Å². The first-order valence-electron chi connectivity index (χ1n) is 5.23. The van der Waals surface area contributed by atoms with Gasteiger partial charge in [-0.25, -0.2) is 4.79 Å². The van der Waals surface area contributed by atoms with Gasteiger partial charge in [-0.1, -0.05) is 6.08 Å². The molecule has 1 fully saturated rings. The summed E-state index contributed by atoms with van der Waals surface area (Å²) in [6.07, 6.45) is 0.749. The lowest BCUT2D eigenvalue weighted by atomic mass is 9.99. The molecular weight excluding hydrogens is 291 g/mol. The molecule has 0 aromatic heterocycles. The van der Waals surface area contributed by atoms with E-state index >= 15 is 0 Å². The monoisotopic (exact) mass is 301 g/mol. The number of alkyl halides is 3. The molecule has 2 rings (SSSR count). The average Bonchev–Trinajstić information content (AvgIpc) is 2.87. The Labute approximate surface area is 106 Å². The van der Waals surface area contributed by atoms with Crippen molar-refractivity contribution in [2.45, 2.75) is 24.5 Å². The summed E-state index contributed by atoms with van der Waals surface area (Å²) in [6.45, 7) is -0.0725.